The molecule has 1 rings (SSSR count). The third kappa shape index (κ3) is 3.20. The number of anilines is 1. The highest BCUT2D eigenvalue weighted by atomic mass is 16.5. The van der Waals surface area contributed by atoms with Crippen molar-refractivity contribution in [3.05, 3.63) is 28.8 Å². The molecule has 0 saturated heterocycles. The van der Waals surface area contributed by atoms with Gasteiger partial charge in [-0.25, -0.2) is 0 Å². The summed E-state index contributed by atoms with van der Waals surface area (Å²) in [6.07, 6.45) is 0. The average molecular weight is 236 g/mol. The molecule has 1 aromatic carbocycles. The minimum atomic E-state index is -0.0220. The molecule has 0 fully saturated rings. The van der Waals surface area contributed by atoms with Gasteiger partial charge in [-0.3, -0.25) is 4.79 Å². The predicted molar refractivity (Wildman–Crippen MR) is 69.2 cm³/mol. The SMILES string of the molecule is COCCN(C)C(=O)c1cc(N)c(C)cc1C. The third-order valence-corrected chi connectivity index (χ3v) is 2.82. The topological polar surface area (TPSA) is 55.6 Å². The second kappa shape index (κ2) is 5.68. The molecule has 0 spiro atoms. The summed E-state index contributed by atoms with van der Waals surface area (Å²) in [6, 6.07) is 3.68. The first-order chi connectivity index (χ1) is 7.97. The standard InChI is InChI=1S/C13H20N2O2/c1-9-7-10(2)12(14)8-11(9)13(16)15(3)5-6-17-4/h7-8H,5-6,14H2,1-4H3. The molecule has 4 nitrogen and oxygen atoms in total. The van der Waals surface area contributed by atoms with E-state index in [0.717, 1.165) is 11.1 Å². The fourth-order valence-electron chi connectivity index (χ4n) is 1.63. The molecule has 0 heterocycles. The van der Waals surface area contributed by atoms with Crippen LogP contribution in [0, 0.1) is 13.8 Å². The molecular weight excluding hydrogens is 216 g/mol. The number of likely N-dealkylation sites (N-methyl/N-ethyl adjacent to an activating group) is 1. The van der Waals surface area contributed by atoms with Crippen molar-refractivity contribution in [2.45, 2.75) is 13.8 Å². The van der Waals surface area contributed by atoms with E-state index < -0.39 is 0 Å². The van der Waals surface area contributed by atoms with Crippen LogP contribution in [0.2, 0.25) is 0 Å². The van der Waals surface area contributed by atoms with Gasteiger partial charge in [0.25, 0.3) is 5.91 Å². The maximum absolute atomic E-state index is 12.1. The highest BCUT2D eigenvalue weighted by Crippen LogP contribution is 2.18. The number of benzene rings is 1. The molecule has 0 radical (unpaired) electrons. The van der Waals surface area contributed by atoms with Crippen molar-refractivity contribution < 1.29 is 9.53 Å². The Balaban J connectivity index is 2.92. The lowest BCUT2D eigenvalue weighted by Gasteiger charge is -2.18. The molecule has 94 valence electrons. The number of ether oxygens (including phenoxy) is 1. The summed E-state index contributed by atoms with van der Waals surface area (Å²) in [5.74, 6) is -0.0220. The Kier molecular flexibility index (Phi) is 4.52. The first kappa shape index (κ1) is 13.5. The lowest BCUT2D eigenvalue weighted by atomic mass is 10.0. The summed E-state index contributed by atoms with van der Waals surface area (Å²) in [5.41, 5.74) is 9.09. The Hall–Kier alpha value is -1.55. The number of hydrogen-bond acceptors (Lipinski definition) is 3. The van der Waals surface area contributed by atoms with Crippen LogP contribution in [0.25, 0.3) is 0 Å². The molecule has 0 aliphatic rings. The third-order valence-electron chi connectivity index (χ3n) is 2.82. The number of methoxy groups -OCH3 is 1. The summed E-state index contributed by atoms with van der Waals surface area (Å²) in [6.45, 7) is 4.96. The largest absolute Gasteiger partial charge is 0.398 e. The fourth-order valence-corrected chi connectivity index (χ4v) is 1.63. The van der Waals surface area contributed by atoms with Gasteiger partial charge in [0.05, 0.1) is 6.61 Å². The van der Waals surface area contributed by atoms with Crippen molar-refractivity contribution in [3.8, 4) is 0 Å². The van der Waals surface area contributed by atoms with Gasteiger partial charge in [-0.2, -0.15) is 0 Å². The van der Waals surface area contributed by atoms with Crippen LogP contribution in [0.3, 0.4) is 0 Å². The molecule has 0 aliphatic heterocycles. The summed E-state index contributed by atoms with van der Waals surface area (Å²) >= 11 is 0. The second-order valence-corrected chi connectivity index (χ2v) is 4.24. The molecule has 0 atom stereocenters. The Labute approximate surface area is 102 Å². The maximum Gasteiger partial charge on any atom is 0.254 e. The molecule has 0 aromatic heterocycles. The lowest BCUT2D eigenvalue weighted by Crippen LogP contribution is -2.30. The van der Waals surface area contributed by atoms with Crippen molar-refractivity contribution >= 4 is 11.6 Å². The smallest absolute Gasteiger partial charge is 0.254 e. The zero-order valence-corrected chi connectivity index (χ0v) is 10.9. The Bertz CT molecular complexity index is 416. The van der Waals surface area contributed by atoms with Crippen molar-refractivity contribution in [2.75, 3.05) is 33.0 Å². The van der Waals surface area contributed by atoms with E-state index in [0.29, 0.717) is 24.4 Å². The molecular formula is C13H20N2O2. The van der Waals surface area contributed by atoms with Crippen LogP contribution in [0.1, 0.15) is 21.5 Å². The van der Waals surface area contributed by atoms with Gasteiger partial charge in [0.1, 0.15) is 0 Å². The summed E-state index contributed by atoms with van der Waals surface area (Å²) in [5, 5.41) is 0. The predicted octanol–water partition coefficient (Wildman–Crippen LogP) is 1.60. The minimum absolute atomic E-state index is 0.0220. The van der Waals surface area contributed by atoms with E-state index in [-0.39, 0.29) is 5.91 Å². The highest BCUT2D eigenvalue weighted by Gasteiger charge is 2.14. The number of aryl methyl sites for hydroxylation is 2. The zero-order chi connectivity index (χ0) is 13.0. The van der Waals surface area contributed by atoms with Crippen LogP contribution >= 0.6 is 0 Å². The average Bonchev–Trinajstić information content (AvgIpc) is 2.29. The van der Waals surface area contributed by atoms with Crippen LogP contribution in [-0.2, 0) is 4.74 Å². The van der Waals surface area contributed by atoms with E-state index in [1.807, 2.05) is 19.9 Å². The number of nitrogens with zero attached hydrogens (tertiary/aromatic N) is 1. The van der Waals surface area contributed by atoms with Gasteiger partial charge in [-0.15, -0.1) is 0 Å². The van der Waals surface area contributed by atoms with Gasteiger partial charge in [0.15, 0.2) is 0 Å². The Morgan fingerprint density at radius 2 is 2.00 bits per heavy atom. The number of hydrogen-bond donors (Lipinski definition) is 1. The normalized spacial score (nSPS) is 10.4. The van der Waals surface area contributed by atoms with E-state index in [1.54, 1.807) is 25.1 Å². The highest BCUT2D eigenvalue weighted by molar-refractivity contribution is 5.96. The van der Waals surface area contributed by atoms with Crippen molar-refractivity contribution in [1.82, 2.24) is 4.90 Å². The molecule has 0 aliphatic carbocycles. The Morgan fingerprint density at radius 3 is 2.59 bits per heavy atom. The summed E-state index contributed by atoms with van der Waals surface area (Å²) < 4.78 is 4.95. The van der Waals surface area contributed by atoms with Crippen LogP contribution in [0.15, 0.2) is 12.1 Å². The fraction of sp³-hybridized carbons (Fsp3) is 0.462. The number of carbonyl (C=O) groups excluding carboxylic acids is 1. The number of carbonyl (C=O) groups is 1. The van der Waals surface area contributed by atoms with Crippen LogP contribution in [0.4, 0.5) is 5.69 Å². The van der Waals surface area contributed by atoms with Gasteiger partial charge < -0.3 is 15.4 Å². The number of nitrogen functional groups attached to an aromatic ring is 1. The van der Waals surface area contributed by atoms with Crippen molar-refractivity contribution in [3.63, 3.8) is 0 Å². The molecule has 0 saturated carbocycles. The van der Waals surface area contributed by atoms with E-state index in [2.05, 4.69) is 0 Å². The van der Waals surface area contributed by atoms with Gasteiger partial charge in [-0.1, -0.05) is 6.07 Å². The number of nitrogens with two attached hydrogens (primary N) is 1. The first-order valence-corrected chi connectivity index (χ1v) is 5.58. The van der Waals surface area contributed by atoms with Gasteiger partial charge >= 0.3 is 0 Å². The van der Waals surface area contributed by atoms with E-state index in [9.17, 15) is 4.79 Å². The monoisotopic (exact) mass is 236 g/mol. The van der Waals surface area contributed by atoms with Crippen LogP contribution in [0.5, 0.6) is 0 Å². The van der Waals surface area contributed by atoms with Gasteiger partial charge in [0.2, 0.25) is 0 Å². The molecule has 4 heteroatoms. The maximum atomic E-state index is 12.1. The van der Waals surface area contributed by atoms with Crippen molar-refractivity contribution in [1.29, 1.82) is 0 Å². The van der Waals surface area contributed by atoms with E-state index in [1.165, 1.54) is 0 Å². The zero-order valence-electron chi connectivity index (χ0n) is 10.9. The molecule has 1 aromatic rings. The molecule has 0 bridgehead atoms. The molecule has 0 unspecified atom stereocenters. The van der Waals surface area contributed by atoms with Crippen LogP contribution in [-0.4, -0.2) is 38.1 Å². The number of amides is 1. The number of rotatable bonds is 4. The molecule has 2 N–H and O–H groups in total. The second-order valence-electron chi connectivity index (χ2n) is 4.24. The van der Waals surface area contributed by atoms with Gasteiger partial charge in [0, 0.05) is 32.0 Å². The lowest BCUT2D eigenvalue weighted by molar-refractivity contribution is 0.0743. The van der Waals surface area contributed by atoms with E-state index >= 15 is 0 Å². The summed E-state index contributed by atoms with van der Waals surface area (Å²) in [4.78, 5) is 13.8. The molecule has 17 heavy (non-hydrogen) atoms. The molecule has 1 amide bonds. The Morgan fingerprint density at radius 1 is 1.35 bits per heavy atom. The quantitative estimate of drug-likeness (QED) is 0.808. The minimum Gasteiger partial charge on any atom is -0.398 e. The first-order valence-electron chi connectivity index (χ1n) is 5.58. The van der Waals surface area contributed by atoms with Crippen molar-refractivity contribution in [2.24, 2.45) is 0 Å². The summed E-state index contributed by atoms with van der Waals surface area (Å²) in [7, 11) is 3.38. The van der Waals surface area contributed by atoms with Crippen LogP contribution < -0.4 is 5.73 Å². The van der Waals surface area contributed by atoms with Gasteiger partial charge in [-0.05, 0) is 31.0 Å². The van der Waals surface area contributed by atoms with E-state index in [4.69, 9.17) is 10.5 Å².